The summed E-state index contributed by atoms with van der Waals surface area (Å²) in [5.41, 5.74) is 2.02. The molecular formula is C21H21FN6O2. The van der Waals surface area contributed by atoms with E-state index in [1.807, 2.05) is 17.8 Å². The van der Waals surface area contributed by atoms with E-state index in [2.05, 4.69) is 15.3 Å². The minimum Gasteiger partial charge on any atom is -0.346 e. The monoisotopic (exact) mass is 408 g/mol. The summed E-state index contributed by atoms with van der Waals surface area (Å²) in [5.74, 6) is -0.151. The molecule has 30 heavy (non-hydrogen) atoms. The van der Waals surface area contributed by atoms with Crippen molar-refractivity contribution in [3.63, 3.8) is 0 Å². The quantitative estimate of drug-likeness (QED) is 0.679. The molecule has 1 aliphatic heterocycles. The van der Waals surface area contributed by atoms with E-state index >= 15 is 0 Å². The minimum atomic E-state index is -0.310. The van der Waals surface area contributed by atoms with Crippen molar-refractivity contribution in [2.24, 2.45) is 7.05 Å². The Morgan fingerprint density at radius 2 is 1.97 bits per heavy atom. The van der Waals surface area contributed by atoms with Crippen molar-refractivity contribution in [1.82, 2.24) is 24.8 Å². The normalized spacial score (nSPS) is 13.7. The molecule has 1 N–H and O–H groups in total. The van der Waals surface area contributed by atoms with E-state index in [0.717, 1.165) is 11.3 Å². The van der Waals surface area contributed by atoms with Gasteiger partial charge in [0.25, 0.3) is 5.91 Å². The van der Waals surface area contributed by atoms with Crippen molar-refractivity contribution < 1.29 is 14.0 Å². The summed E-state index contributed by atoms with van der Waals surface area (Å²) < 4.78 is 14.9. The smallest absolute Gasteiger partial charge is 0.326 e. The SMILES string of the molecule is Cn1cnc(CNC(=O)c2ccnc(N3CCN(Cc4ccc(F)cc4)C3=O)c2)c1. The lowest BCUT2D eigenvalue weighted by Gasteiger charge is -2.18. The van der Waals surface area contributed by atoms with Crippen LogP contribution in [0, 0.1) is 5.82 Å². The molecule has 1 aromatic carbocycles. The number of aryl methyl sites for hydroxylation is 1. The number of hydrogen-bond donors (Lipinski definition) is 1. The number of benzene rings is 1. The van der Waals surface area contributed by atoms with E-state index in [9.17, 15) is 14.0 Å². The van der Waals surface area contributed by atoms with Crippen molar-refractivity contribution in [3.05, 3.63) is 77.8 Å². The summed E-state index contributed by atoms with van der Waals surface area (Å²) in [4.78, 5) is 36.9. The maximum absolute atomic E-state index is 13.1. The van der Waals surface area contributed by atoms with Crippen LogP contribution in [0.15, 0.2) is 55.1 Å². The fraction of sp³-hybridized carbons (Fsp3) is 0.238. The summed E-state index contributed by atoms with van der Waals surface area (Å²) >= 11 is 0. The summed E-state index contributed by atoms with van der Waals surface area (Å²) in [6.45, 7) is 1.69. The van der Waals surface area contributed by atoms with Crippen molar-refractivity contribution in [2.75, 3.05) is 18.0 Å². The van der Waals surface area contributed by atoms with Gasteiger partial charge in [0, 0.05) is 44.6 Å². The summed E-state index contributed by atoms with van der Waals surface area (Å²) in [5, 5.41) is 2.82. The molecule has 0 radical (unpaired) electrons. The molecule has 0 atom stereocenters. The predicted molar refractivity (Wildman–Crippen MR) is 108 cm³/mol. The van der Waals surface area contributed by atoms with Gasteiger partial charge in [-0.1, -0.05) is 12.1 Å². The highest BCUT2D eigenvalue weighted by Crippen LogP contribution is 2.21. The molecule has 3 aromatic rings. The molecule has 1 saturated heterocycles. The van der Waals surface area contributed by atoms with Crippen molar-refractivity contribution in [3.8, 4) is 0 Å². The molecule has 0 saturated carbocycles. The molecule has 4 rings (SSSR count). The second-order valence-corrected chi connectivity index (χ2v) is 7.10. The first-order valence-electron chi connectivity index (χ1n) is 9.51. The maximum atomic E-state index is 13.1. The lowest BCUT2D eigenvalue weighted by Crippen LogP contribution is -2.32. The number of nitrogens with zero attached hydrogens (tertiary/aromatic N) is 5. The molecule has 0 aliphatic carbocycles. The largest absolute Gasteiger partial charge is 0.346 e. The number of hydrogen-bond acceptors (Lipinski definition) is 4. The number of amides is 3. The molecule has 0 bridgehead atoms. The Labute approximate surface area is 173 Å². The Morgan fingerprint density at radius 1 is 1.17 bits per heavy atom. The van der Waals surface area contributed by atoms with Crippen LogP contribution in [0.4, 0.5) is 15.0 Å². The Morgan fingerprint density at radius 3 is 2.70 bits per heavy atom. The minimum absolute atomic E-state index is 0.196. The number of imidazole rings is 1. The zero-order valence-corrected chi connectivity index (χ0v) is 16.5. The van der Waals surface area contributed by atoms with E-state index in [-0.39, 0.29) is 17.8 Å². The summed E-state index contributed by atoms with van der Waals surface area (Å²) in [7, 11) is 1.86. The van der Waals surface area contributed by atoms with Gasteiger partial charge < -0.3 is 14.8 Å². The fourth-order valence-electron chi connectivity index (χ4n) is 3.29. The number of halogens is 1. The molecule has 9 heteroatoms. The van der Waals surface area contributed by atoms with Gasteiger partial charge in [-0.15, -0.1) is 0 Å². The standard InChI is InChI=1S/C21H21FN6O2/c1-26-13-18(25-14-26)11-24-20(29)16-6-7-23-19(10-16)28-9-8-27(21(28)30)12-15-2-4-17(22)5-3-15/h2-7,10,13-14H,8-9,11-12H2,1H3,(H,24,29). The van der Waals surface area contributed by atoms with E-state index in [0.29, 0.717) is 37.6 Å². The Bertz CT molecular complexity index is 1070. The van der Waals surface area contributed by atoms with Gasteiger partial charge in [0.2, 0.25) is 0 Å². The zero-order valence-electron chi connectivity index (χ0n) is 16.5. The highest BCUT2D eigenvalue weighted by Gasteiger charge is 2.30. The maximum Gasteiger partial charge on any atom is 0.326 e. The molecule has 1 aliphatic rings. The number of aromatic nitrogens is 3. The van der Waals surface area contributed by atoms with Gasteiger partial charge in [0.1, 0.15) is 11.6 Å². The van der Waals surface area contributed by atoms with Crippen LogP contribution in [0.1, 0.15) is 21.6 Å². The average molecular weight is 408 g/mol. The third-order valence-corrected chi connectivity index (χ3v) is 4.85. The van der Waals surface area contributed by atoms with Crippen LogP contribution in [0.3, 0.4) is 0 Å². The van der Waals surface area contributed by atoms with Crippen LogP contribution in [-0.2, 0) is 20.1 Å². The molecule has 1 fully saturated rings. The van der Waals surface area contributed by atoms with Crippen LogP contribution < -0.4 is 10.2 Å². The molecule has 8 nitrogen and oxygen atoms in total. The zero-order chi connectivity index (χ0) is 21.1. The van der Waals surface area contributed by atoms with Crippen molar-refractivity contribution >= 4 is 17.8 Å². The van der Waals surface area contributed by atoms with Crippen LogP contribution in [0.2, 0.25) is 0 Å². The first-order chi connectivity index (χ1) is 14.5. The summed E-state index contributed by atoms with van der Waals surface area (Å²) in [6, 6.07) is 9.09. The second-order valence-electron chi connectivity index (χ2n) is 7.10. The molecule has 0 spiro atoms. The Kier molecular flexibility index (Phi) is 5.42. The van der Waals surface area contributed by atoms with E-state index in [4.69, 9.17) is 0 Å². The van der Waals surface area contributed by atoms with Crippen LogP contribution in [0.5, 0.6) is 0 Å². The topological polar surface area (TPSA) is 83.4 Å². The number of nitrogens with one attached hydrogen (secondary N) is 1. The van der Waals surface area contributed by atoms with Crippen LogP contribution in [0.25, 0.3) is 0 Å². The number of carbonyl (C=O) groups excluding carboxylic acids is 2. The van der Waals surface area contributed by atoms with Gasteiger partial charge in [0.05, 0.1) is 18.6 Å². The van der Waals surface area contributed by atoms with Gasteiger partial charge in [-0.3, -0.25) is 9.69 Å². The molecular weight excluding hydrogens is 387 g/mol. The number of rotatable bonds is 6. The summed E-state index contributed by atoms with van der Waals surface area (Å²) in [6.07, 6.45) is 5.01. The fourth-order valence-corrected chi connectivity index (χ4v) is 3.29. The highest BCUT2D eigenvalue weighted by atomic mass is 19.1. The first kappa shape index (κ1) is 19.6. The predicted octanol–water partition coefficient (Wildman–Crippen LogP) is 2.33. The Hall–Kier alpha value is -3.75. The van der Waals surface area contributed by atoms with Gasteiger partial charge in [-0.05, 0) is 29.8 Å². The molecule has 0 unspecified atom stereocenters. The second kappa shape index (κ2) is 8.32. The molecule has 3 heterocycles. The number of carbonyl (C=O) groups is 2. The van der Waals surface area contributed by atoms with E-state index in [1.54, 1.807) is 40.4 Å². The number of pyridine rings is 1. The highest BCUT2D eigenvalue weighted by molar-refractivity contribution is 5.97. The third-order valence-electron chi connectivity index (χ3n) is 4.85. The van der Waals surface area contributed by atoms with Crippen LogP contribution >= 0.6 is 0 Å². The van der Waals surface area contributed by atoms with Gasteiger partial charge in [-0.2, -0.15) is 0 Å². The molecule has 3 amide bonds. The third kappa shape index (κ3) is 4.29. The van der Waals surface area contributed by atoms with Crippen LogP contribution in [-0.4, -0.2) is 44.5 Å². The average Bonchev–Trinajstić information content (AvgIpc) is 3.33. The Balaban J connectivity index is 1.41. The number of anilines is 1. The first-order valence-corrected chi connectivity index (χ1v) is 9.51. The molecule has 2 aromatic heterocycles. The lowest BCUT2D eigenvalue weighted by atomic mass is 10.2. The van der Waals surface area contributed by atoms with Gasteiger partial charge in [0.15, 0.2) is 0 Å². The van der Waals surface area contributed by atoms with E-state index in [1.165, 1.54) is 18.3 Å². The van der Waals surface area contributed by atoms with E-state index < -0.39 is 0 Å². The van der Waals surface area contributed by atoms with Gasteiger partial charge in [-0.25, -0.2) is 19.2 Å². The number of urea groups is 1. The van der Waals surface area contributed by atoms with Gasteiger partial charge >= 0.3 is 6.03 Å². The van der Waals surface area contributed by atoms with Crippen molar-refractivity contribution in [2.45, 2.75) is 13.1 Å². The van der Waals surface area contributed by atoms with Crippen molar-refractivity contribution in [1.29, 1.82) is 0 Å². The lowest BCUT2D eigenvalue weighted by molar-refractivity contribution is 0.0950. The molecule has 154 valence electrons.